The van der Waals surface area contributed by atoms with Crippen LogP contribution < -0.4 is 4.74 Å². The molecule has 0 spiro atoms. The number of carbonyl (C=O) groups is 1. The van der Waals surface area contributed by atoms with Crippen molar-refractivity contribution in [3.8, 4) is 5.75 Å². The van der Waals surface area contributed by atoms with E-state index in [-0.39, 0.29) is 18.1 Å². The lowest BCUT2D eigenvalue weighted by Crippen LogP contribution is -2.36. The van der Waals surface area contributed by atoms with Crippen LogP contribution in [0.3, 0.4) is 0 Å². The normalized spacial score (nSPS) is 31.0. The number of hydrogen-bond donors (Lipinski definition) is 1. The van der Waals surface area contributed by atoms with Gasteiger partial charge in [-0.1, -0.05) is 0 Å². The largest absolute Gasteiger partial charge is 0.497 e. The minimum atomic E-state index is -0.137. The lowest BCUT2D eigenvalue weighted by Gasteiger charge is -2.25. The van der Waals surface area contributed by atoms with E-state index in [1.165, 1.54) is 0 Å². The molecule has 0 bridgehead atoms. The van der Waals surface area contributed by atoms with E-state index in [9.17, 15) is 9.90 Å². The summed E-state index contributed by atoms with van der Waals surface area (Å²) in [6, 6.07) is 3.67. The van der Waals surface area contributed by atoms with Crippen LogP contribution in [0.5, 0.6) is 5.75 Å². The highest BCUT2D eigenvalue weighted by atomic mass is 16.5. The molecule has 3 rings (SSSR count). The van der Waals surface area contributed by atoms with Crippen molar-refractivity contribution in [1.29, 1.82) is 0 Å². The van der Waals surface area contributed by atoms with Gasteiger partial charge in [0.25, 0.3) is 5.91 Å². The second-order valence-electron chi connectivity index (χ2n) is 6.27. The molecule has 0 aliphatic heterocycles. The Balaban J connectivity index is 1.68. The van der Waals surface area contributed by atoms with Crippen molar-refractivity contribution in [2.45, 2.75) is 37.8 Å². The molecule has 1 aromatic heterocycles. The molecule has 2 aliphatic carbocycles. The van der Waals surface area contributed by atoms with Crippen molar-refractivity contribution in [3.63, 3.8) is 0 Å². The molecule has 0 radical (unpaired) electrons. The van der Waals surface area contributed by atoms with Crippen LogP contribution >= 0.6 is 0 Å². The van der Waals surface area contributed by atoms with Gasteiger partial charge in [0, 0.05) is 25.4 Å². The molecule has 21 heavy (non-hydrogen) atoms. The van der Waals surface area contributed by atoms with Crippen molar-refractivity contribution in [2.75, 3.05) is 14.2 Å². The first-order valence-corrected chi connectivity index (χ1v) is 7.53. The molecule has 1 aromatic rings. The summed E-state index contributed by atoms with van der Waals surface area (Å²) in [6.07, 6.45) is 5.23. The number of aromatic nitrogens is 1. The highest BCUT2D eigenvalue weighted by Gasteiger charge is 2.43. The fourth-order valence-electron chi connectivity index (χ4n) is 3.87. The minimum Gasteiger partial charge on any atom is -0.497 e. The van der Waals surface area contributed by atoms with Crippen molar-refractivity contribution < 1.29 is 14.6 Å². The number of fused-ring (bicyclic) bond motifs is 1. The van der Waals surface area contributed by atoms with E-state index in [2.05, 4.69) is 4.98 Å². The summed E-state index contributed by atoms with van der Waals surface area (Å²) in [5.74, 6) is 1.73. The Bertz CT molecular complexity index is 520. The number of pyridine rings is 1. The Morgan fingerprint density at radius 2 is 2.00 bits per heavy atom. The van der Waals surface area contributed by atoms with Gasteiger partial charge in [0.05, 0.1) is 13.2 Å². The molecule has 1 heterocycles. The molecule has 5 nitrogen and oxygen atoms in total. The molecular formula is C16H22N2O3. The molecule has 2 saturated carbocycles. The Morgan fingerprint density at radius 3 is 2.62 bits per heavy atom. The zero-order valence-corrected chi connectivity index (χ0v) is 12.5. The standard InChI is InChI=1S/C16H22N2O3/c1-18(12-5-10-7-13(19)8-11(10)6-12)16(20)15-9-14(21-2)3-4-17-15/h3-4,9-13,19H,5-8H2,1-2H3/t10-,11+,12?,13?. The third-order valence-corrected chi connectivity index (χ3v) is 5.02. The first-order chi connectivity index (χ1) is 10.1. The smallest absolute Gasteiger partial charge is 0.272 e. The summed E-state index contributed by atoms with van der Waals surface area (Å²) >= 11 is 0. The molecule has 114 valence electrons. The number of hydrogen-bond acceptors (Lipinski definition) is 4. The van der Waals surface area contributed by atoms with Crippen LogP contribution in [-0.4, -0.2) is 47.2 Å². The average molecular weight is 290 g/mol. The highest BCUT2D eigenvalue weighted by molar-refractivity contribution is 5.92. The Morgan fingerprint density at radius 1 is 1.33 bits per heavy atom. The summed E-state index contributed by atoms with van der Waals surface area (Å²) in [4.78, 5) is 18.5. The SMILES string of the molecule is COc1ccnc(C(=O)N(C)C2C[C@H]3CC(O)C[C@H]3C2)c1. The highest BCUT2D eigenvalue weighted by Crippen LogP contribution is 2.45. The predicted octanol–water partition coefficient (Wildman–Crippen LogP) is 1.71. The number of rotatable bonds is 3. The van der Waals surface area contributed by atoms with Gasteiger partial charge in [-0.05, 0) is 43.6 Å². The maximum absolute atomic E-state index is 12.5. The third kappa shape index (κ3) is 2.75. The first kappa shape index (κ1) is 14.3. The van der Waals surface area contributed by atoms with Crippen LogP contribution in [0, 0.1) is 11.8 Å². The van der Waals surface area contributed by atoms with Gasteiger partial charge in [-0.15, -0.1) is 0 Å². The van der Waals surface area contributed by atoms with Crippen LogP contribution in [0.4, 0.5) is 0 Å². The van der Waals surface area contributed by atoms with Crippen LogP contribution in [0.1, 0.15) is 36.2 Å². The molecule has 0 aromatic carbocycles. The molecule has 2 unspecified atom stereocenters. The number of carbonyl (C=O) groups excluding carboxylic acids is 1. The number of aliphatic hydroxyl groups is 1. The number of aliphatic hydroxyl groups excluding tert-OH is 1. The van der Waals surface area contributed by atoms with Gasteiger partial charge in [-0.25, -0.2) is 0 Å². The monoisotopic (exact) mass is 290 g/mol. The van der Waals surface area contributed by atoms with Crippen molar-refractivity contribution in [3.05, 3.63) is 24.0 Å². The molecule has 5 heteroatoms. The number of ether oxygens (including phenoxy) is 1. The molecule has 4 atom stereocenters. The predicted molar refractivity (Wildman–Crippen MR) is 78.1 cm³/mol. The molecule has 2 fully saturated rings. The second kappa shape index (κ2) is 5.64. The van der Waals surface area contributed by atoms with Gasteiger partial charge in [0.15, 0.2) is 0 Å². The second-order valence-corrected chi connectivity index (χ2v) is 6.27. The van der Waals surface area contributed by atoms with E-state index < -0.39 is 0 Å². The summed E-state index contributed by atoms with van der Waals surface area (Å²) < 4.78 is 5.14. The lowest BCUT2D eigenvalue weighted by atomic mass is 10.0. The molecular weight excluding hydrogens is 268 g/mol. The molecule has 0 saturated heterocycles. The van der Waals surface area contributed by atoms with E-state index in [4.69, 9.17) is 4.74 Å². The fourth-order valence-corrected chi connectivity index (χ4v) is 3.87. The Labute approximate surface area is 124 Å². The zero-order chi connectivity index (χ0) is 15.0. The zero-order valence-electron chi connectivity index (χ0n) is 12.5. The Kier molecular flexibility index (Phi) is 3.85. The summed E-state index contributed by atoms with van der Waals surface area (Å²) in [6.45, 7) is 0. The number of amides is 1. The first-order valence-electron chi connectivity index (χ1n) is 7.53. The summed E-state index contributed by atoms with van der Waals surface area (Å²) in [5.41, 5.74) is 0.425. The summed E-state index contributed by atoms with van der Waals surface area (Å²) in [7, 11) is 3.43. The Hall–Kier alpha value is -1.62. The van der Waals surface area contributed by atoms with Gasteiger partial charge in [-0.2, -0.15) is 0 Å². The van der Waals surface area contributed by atoms with Gasteiger partial charge >= 0.3 is 0 Å². The van der Waals surface area contributed by atoms with Gasteiger partial charge in [0.2, 0.25) is 0 Å². The van der Waals surface area contributed by atoms with E-state index in [1.807, 2.05) is 11.9 Å². The summed E-state index contributed by atoms with van der Waals surface area (Å²) in [5, 5.41) is 9.70. The number of methoxy groups -OCH3 is 1. The topological polar surface area (TPSA) is 62.7 Å². The van der Waals surface area contributed by atoms with E-state index in [0.29, 0.717) is 23.3 Å². The lowest BCUT2D eigenvalue weighted by molar-refractivity contribution is 0.0716. The van der Waals surface area contributed by atoms with Crippen LogP contribution in [0.2, 0.25) is 0 Å². The third-order valence-electron chi connectivity index (χ3n) is 5.02. The van der Waals surface area contributed by atoms with Gasteiger partial charge in [0.1, 0.15) is 11.4 Å². The van der Waals surface area contributed by atoms with Crippen LogP contribution in [0.25, 0.3) is 0 Å². The van der Waals surface area contributed by atoms with E-state index in [0.717, 1.165) is 25.7 Å². The van der Waals surface area contributed by atoms with E-state index in [1.54, 1.807) is 25.4 Å². The quantitative estimate of drug-likeness (QED) is 0.920. The maximum atomic E-state index is 12.5. The fraction of sp³-hybridized carbons (Fsp3) is 0.625. The maximum Gasteiger partial charge on any atom is 0.272 e. The molecule has 1 N–H and O–H groups in total. The minimum absolute atomic E-state index is 0.0561. The van der Waals surface area contributed by atoms with Gasteiger partial charge < -0.3 is 14.7 Å². The average Bonchev–Trinajstić information content (AvgIpc) is 3.03. The van der Waals surface area contributed by atoms with Crippen LogP contribution in [0.15, 0.2) is 18.3 Å². The van der Waals surface area contributed by atoms with E-state index >= 15 is 0 Å². The van der Waals surface area contributed by atoms with Crippen LogP contribution in [-0.2, 0) is 0 Å². The number of nitrogens with zero attached hydrogens (tertiary/aromatic N) is 2. The molecule has 1 amide bonds. The van der Waals surface area contributed by atoms with Crippen molar-refractivity contribution in [2.24, 2.45) is 11.8 Å². The van der Waals surface area contributed by atoms with Crippen molar-refractivity contribution in [1.82, 2.24) is 9.88 Å². The molecule has 2 aliphatic rings. The van der Waals surface area contributed by atoms with Gasteiger partial charge in [-0.3, -0.25) is 9.78 Å². The van der Waals surface area contributed by atoms with Crippen molar-refractivity contribution >= 4 is 5.91 Å².